The number of aldehydes is 1. The molecule has 14 heavy (non-hydrogen) atoms. The molecule has 0 saturated heterocycles. The highest BCUT2D eigenvalue weighted by Crippen LogP contribution is 2.13. The molecule has 0 amide bonds. The van der Waals surface area contributed by atoms with Gasteiger partial charge in [-0.2, -0.15) is 0 Å². The average Bonchev–Trinajstić information content (AvgIpc) is 2.16. The molecule has 1 aromatic rings. The Kier molecular flexibility index (Phi) is 2.92. The molecule has 70 valence electrons. The quantitative estimate of drug-likeness (QED) is 0.285. The van der Waals surface area contributed by atoms with E-state index in [4.69, 9.17) is 0 Å². The van der Waals surface area contributed by atoms with Crippen LogP contribution < -0.4 is 0 Å². The Morgan fingerprint density at radius 3 is 2.93 bits per heavy atom. The van der Waals surface area contributed by atoms with Crippen LogP contribution in [0.15, 0.2) is 12.3 Å². The zero-order valence-electron chi connectivity index (χ0n) is 7.35. The molecule has 0 bridgehead atoms. The van der Waals surface area contributed by atoms with Gasteiger partial charge in [0.15, 0.2) is 6.29 Å². The number of hydrogen-bond donors (Lipinski definition) is 0. The first-order valence-corrected chi connectivity index (χ1v) is 3.71. The van der Waals surface area contributed by atoms with E-state index in [0.717, 1.165) is 6.20 Å². The van der Waals surface area contributed by atoms with Crippen LogP contribution in [0.25, 0.3) is 0 Å². The summed E-state index contributed by atoms with van der Waals surface area (Å²) < 4.78 is 0. The molecule has 0 radical (unpaired) electrons. The standard InChI is InChI=1S/C9H6N2O3/c1-7-8(3-2-4-12)5-9(6-10-7)11(13)14/h4-6H,1H3. The normalized spacial score (nSPS) is 8.64. The van der Waals surface area contributed by atoms with Crippen LogP contribution in [-0.4, -0.2) is 16.2 Å². The van der Waals surface area contributed by atoms with Gasteiger partial charge in [0, 0.05) is 6.07 Å². The van der Waals surface area contributed by atoms with Crippen molar-refractivity contribution in [2.45, 2.75) is 6.92 Å². The van der Waals surface area contributed by atoms with Gasteiger partial charge in [0.2, 0.25) is 0 Å². The molecule has 1 rings (SSSR count). The fourth-order valence-corrected chi connectivity index (χ4v) is 0.856. The summed E-state index contributed by atoms with van der Waals surface area (Å²) in [5.74, 6) is 4.65. The van der Waals surface area contributed by atoms with Gasteiger partial charge in [-0.15, -0.1) is 0 Å². The Labute approximate surface area is 79.9 Å². The maximum Gasteiger partial charge on any atom is 0.288 e. The predicted octanol–water partition coefficient (Wildman–Crippen LogP) is 0.849. The highest BCUT2D eigenvalue weighted by Gasteiger charge is 2.07. The first-order valence-electron chi connectivity index (χ1n) is 3.71. The zero-order valence-corrected chi connectivity index (χ0v) is 7.35. The van der Waals surface area contributed by atoms with Gasteiger partial charge >= 0.3 is 0 Å². The van der Waals surface area contributed by atoms with Crippen molar-refractivity contribution in [3.05, 3.63) is 33.6 Å². The van der Waals surface area contributed by atoms with Gasteiger partial charge in [0.05, 0.1) is 16.2 Å². The van der Waals surface area contributed by atoms with E-state index in [0.29, 0.717) is 17.5 Å². The van der Waals surface area contributed by atoms with E-state index in [1.165, 1.54) is 6.07 Å². The van der Waals surface area contributed by atoms with Gasteiger partial charge in [-0.05, 0) is 12.8 Å². The van der Waals surface area contributed by atoms with E-state index in [1.54, 1.807) is 6.92 Å². The first-order chi connectivity index (χ1) is 6.65. The summed E-state index contributed by atoms with van der Waals surface area (Å²) in [4.78, 5) is 23.6. The molecule has 0 spiro atoms. The van der Waals surface area contributed by atoms with E-state index >= 15 is 0 Å². The molecule has 5 nitrogen and oxygen atoms in total. The topological polar surface area (TPSA) is 73.1 Å². The third-order valence-electron chi connectivity index (χ3n) is 1.55. The Balaban J connectivity index is 3.21. The van der Waals surface area contributed by atoms with Crippen molar-refractivity contribution in [2.75, 3.05) is 0 Å². The summed E-state index contributed by atoms with van der Waals surface area (Å²) in [7, 11) is 0. The number of aryl methyl sites for hydroxylation is 1. The molecule has 0 N–H and O–H groups in total. The van der Waals surface area contributed by atoms with Gasteiger partial charge in [-0.3, -0.25) is 19.9 Å². The minimum atomic E-state index is -0.557. The summed E-state index contributed by atoms with van der Waals surface area (Å²) in [6.07, 6.45) is 1.58. The predicted molar refractivity (Wildman–Crippen MR) is 48.6 cm³/mol. The van der Waals surface area contributed by atoms with E-state index in [9.17, 15) is 14.9 Å². The van der Waals surface area contributed by atoms with Crippen molar-refractivity contribution >= 4 is 12.0 Å². The van der Waals surface area contributed by atoms with Crippen LogP contribution in [-0.2, 0) is 4.79 Å². The van der Waals surface area contributed by atoms with E-state index in [-0.39, 0.29) is 5.69 Å². The average molecular weight is 190 g/mol. The van der Waals surface area contributed by atoms with Crippen LogP contribution in [0.1, 0.15) is 11.3 Å². The van der Waals surface area contributed by atoms with Gasteiger partial charge in [0.1, 0.15) is 6.20 Å². The lowest BCUT2D eigenvalue weighted by Crippen LogP contribution is -1.93. The van der Waals surface area contributed by atoms with Gasteiger partial charge in [-0.25, -0.2) is 0 Å². The van der Waals surface area contributed by atoms with E-state index < -0.39 is 4.92 Å². The van der Waals surface area contributed by atoms with Gasteiger partial charge in [-0.1, -0.05) is 5.92 Å². The molecule has 0 atom stereocenters. The lowest BCUT2D eigenvalue weighted by atomic mass is 10.2. The molecule has 1 aromatic heterocycles. The summed E-state index contributed by atoms with van der Waals surface area (Å²) >= 11 is 0. The Morgan fingerprint density at radius 2 is 2.36 bits per heavy atom. The molecule has 0 aliphatic carbocycles. The first kappa shape index (κ1) is 9.86. The van der Waals surface area contributed by atoms with Gasteiger partial charge < -0.3 is 0 Å². The van der Waals surface area contributed by atoms with E-state index in [2.05, 4.69) is 16.8 Å². The number of hydrogen-bond acceptors (Lipinski definition) is 4. The van der Waals surface area contributed by atoms with Crippen LogP contribution in [0.2, 0.25) is 0 Å². The molecule has 0 aliphatic heterocycles. The molecule has 0 aliphatic rings. The molecule has 1 heterocycles. The fourth-order valence-electron chi connectivity index (χ4n) is 0.856. The van der Waals surface area contributed by atoms with Crippen molar-refractivity contribution in [2.24, 2.45) is 0 Å². The van der Waals surface area contributed by atoms with E-state index in [1.807, 2.05) is 0 Å². The van der Waals surface area contributed by atoms with Crippen molar-refractivity contribution in [1.29, 1.82) is 0 Å². The lowest BCUT2D eigenvalue weighted by molar-refractivity contribution is -0.385. The number of rotatable bonds is 1. The van der Waals surface area contributed by atoms with Crippen LogP contribution in [0.4, 0.5) is 5.69 Å². The maximum atomic E-state index is 10.4. The second kappa shape index (κ2) is 4.14. The summed E-state index contributed by atoms with van der Waals surface area (Å²) in [5, 5.41) is 10.4. The Morgan fingerprint density at radius 1 is 1.64 bits per heavy atom. The molecule has 0 fully saturated rings. The largest absolute Gasteiger partial charge is 0.289 e. The zero-order chi connectivity index (χ0) is 10.6. The number of aromatic nitrogens is 1. The summed E-state index contributed by atoms with van der Waals surface area (Å²) in [6.45, 7) is 1.67. The highest BCUT2D eigenvalue weighted by molar-refractivity contribution is 5.74. The highest BCUT2D eigenvalue weighted by atomic mass is 16.6. The molecular formula is C9H6N2O3. The minimum Gasteiger partial charge on any atom is -0.289 e. The van der Waals surface area contributed by atoms with Crippen molar-refractivity contribution < 1.29 is 9.72 Å². The number of carbonyl (C=O) groups excluding carboxylic acids is 1. The third kappa shape index (κ3) is 2.14. The molecule has 0 saturated carbocycles. The minimum absolute atomic E-state index is 0.134. The monoisotopic (exact) mass is 190 g/mol. The smallest absolute Gasteiger partial charge is 0.288 e. The maximum absolute atomic E-state index is 10.4. The van der Waals surface area contributed by atoms with Crippen molar-refractivity contribution in [3.8, 4) is 11.8 Å². The van der Waals surface area contributed by atoms with Gasteiger partial charge in [0.25, 0.3) is 5.69 Å². The SMILES string of the molecule is Cc1ncc([N+](=O)[O-])cc1C#CC=O. The fraction of sp³-hybridized carbons (Fsp3) is 0.111. The Bertz CT molecular complexity index is 443. The number of nitro groups is 1. The molecular weight excluding hydrogens is 184 g/mol. The van der Waals surface area contributed by atoms with Crippen LogP contribution in [0.5, 0.6) is 0 Å². The Hall–Kier alpha value is -2.22. The number of carbonyl (C=O) groups is 1. The molecule has 0 unspecified atom stereocenters. The molecule has 0 aromatic carbocycles. The summed E-state index contributed by atoms with van der Waals surface area (Å²) in [5.41, 5.74) is 0.821. The van der Waals surface area contributed by atoms with Crippen LogP contribution in [0.3, 0.4) is 0 Å². The van der Waals surface area contributed by atoms with Crippen LogP contribution in [0, 0.1) is 28.9 Å². The lowest BCUT2D eigenvalue weighted by Gasteiger charge is -1.95. The number of pyridine rings is 1. The van der Waals surface area contributed by atoms with Crippen molar-refractivity contribution in [3.63, 3.8) is 0 Å². The van der Waals surface area contributed by atoms with Crippen molar-refractivity contribution in [1.82, 2.24) is 4.98 Å². The number of nitrogens with zero attached hydrogens (tertiary/aromatic N) is 2. The molecule has 5 heteroatoms. The second-order valence-corrected chi connectivity index (χ2v) is 2.47. The second-order valence-electron chi connectivity index (χ2n) is 2.47. The third-order valence-corrected chi connectivity index (χ3v) is 1.55. The summed E-state index contributed by atoms with van der Waals surface area (Å²) in [6, 6.07) is 1.29. The van der Waals surface area contributed by atoms with Crippen LogP contribution >= 0.6 is 0 Å².